The summed E-state index contributed by atoms with van der Waals surface area (Å²) >= 11 is 0. The van der Waals surface area contributed by atoms with Crippen molar-refractivity contribution >= 4 is 25.7 Å². The van der Waals surface area contributed by atoms with Crippen molar-refractivity contribution in [3.05, 3.63) is 109 Å². The molecule has 0 heterocycles. The minimum Gasteiger partial charge on any atom is -0.462 e. The van der Waals surface area contributed by atoms with E-state index in [0.29, 0.717) is 19.3 Å². The summed E-state index contributed by atoms with van der Waals surface area (Å²) in [5.41, 5.74) is 0. The standard InChI is InChI=1S/C66H111O11P/c1-4-7-10-13-16-19-22-25-28-30-31-33-35-37-40-43-46-49-52-55-64(68)73-59-63(77-66(70)57-54-51-48-45-42-39-36-32-29-26-23-20-17-14-11-8-5-2)61-75-78(71,72)74-60-62(58-67)76-65(69)56-53-50-47-44-41-38-34-27-24-21-18-15-12-9-6-3/h9,12,16-21,25-29,31,33-34,41,44,62-63,67H,4-8,10-11,13-15,22-24,30,32,35-40,42-43,45-61H2,1-3H3,(H,71,72)/b12-9-,19-16-,20-17-,21-18-,28-25-,29-26-,33-31-,34-27-,44-41-. The molecule has 0 saturated heterocycles. The van der Waals surface area contributed by atoms with Crippen LogP contribution in [-0.4, -0.2) is 66.5 Å². The number of phosphoric acid groups is 1. The Kier molecular flexibility index (Phi) is 56.3. The van der Waals surface area contributed by atoms with Crippen LogP contribution in [0.25, 0.3) is 0 Å². The Morgan fingerprint density at radius 1 is 0.372 bits per heavy atom. The number of carbonyl (C=O) groups excluding carboxylic acids is 3. The second-order valence-electron chi connectivity index (χ2n) is 20.1. The summed E-state index contributed by atoms with van der Waals surface area (Å²) in [6.45, 7) is 4.41. The summed E-state index contributed by atoms with van der Waals surface area (Å²) in [7, 11) is -4.77. The second kappa shape index (κ2) is 59.3. The van der Waals surface area contributed by atoms with E-state index in [0.717, 1.165) is 128 Å². The Labute approximate surface area is 475 Å². The van der Waals surface area contributed by atoms with Crippen LogP contribution in [0.15, 0.2) is 109 Å². The molecule has 0 saturated carbocycles. The maximum atomic E-state index is 12.9. The number of aliphatic hydroxyl groups excluding tert-OH is 1. The predicted octanol–water partition coefficient (Wildman–Crippen LogP) is 18.6. The smallest absolute Gasteiger partial charge is 0.462 e. The molecule has 12 heteroatoms. The zero-order chi connectivity index (χ0) is 56.9. The van der Waals surface area contributed by atoms with Crippen molar-refractivity contribution in [3.63, 3.8) is 0 Å². The molecule has 446 valence electrons. The third-order valence-electron chi connectivity index (χ3n) is 12.6. The molecule has 0 aromatic carbocycles. The highest BCUT2D eigenvalue weighted by Crippen LogP contribution is 2.43. The van der Waals surface area contributed by atoms with E-state index in [4.69, 9.17) is 23.3 Å². The molecule has 2 N–H and O–H groups in total. The Hall–Kier alpha value is -3.86. The highest BCUT2D eigenvalue weighted by molar-refractivity contribution is 7.47. The molecule has 0 aliphatic rings. The number of ether oxygens (including phenoxy) is 3. The van der Waals surface area contributed by atoms with Gasteiger partial charge in [0.15, 0.2) is 6.10 Å². The maximum Gasteiger partial charge on any atom is 0.472 e. The van der Waals surface area contributed by atoms with Crippen LogP contribution in [0.3, 0.4) is 0 Å². The number of rotatable bonds is 56. The average Bonchev–Trinajstić information content (AvgIpc) is 3.43. The van der Waals surface area contributed by atoms with Crippen molar-refractivity contribution in [1.29, 1.82) is 0 Å². The van der Waals surface area contributed by atoms with E-state index in [-0.39, 0.29) is 25.9 Å². The van der Waals surface area contributed by atoms with Crippen LogP contribution in [0.1, 0.15) is 252 Å². The fourth-order valence-corrected chi connectivity index (χ4v) is 8.76. The number of esters is 3. The number of aliphatic hydroxyl groups is 1. The fraction of sp³-hybridized carbons (Fsp3) is 0.682. The van der Waals surface area contributed by atoms with Gasteiger partial charge in [-0.3, -0.25) is 23.4 Å². The first kappa shape index (κ1) is 74.1. The molecule has 78 heavy (non-hydrogen) atoms. The lowest BCUT2D eigenvalue weighted by molar-refractivity contribution is -0.161. The van der Waals surface area contributed by atoms with Gasteiger partial charge in [0.25, 0.3) is 0 Å². The summed E-state index contributed by atoms with van der Waals surface area (Å²) in [4.78, 5) is 48.7. The van der Waals surface area contributed by atoms with Crippen molar-refractivity contribution in [2.75, 3.05) is 26.4 Å². The van der Waals surface area contributed by atoms with Gasteiger partial charge in [-0.25, -0.2) is 4.57 Å². The Morgan fingerprint density at radius 3 is 1.05 bits per heavy atom. The molecule has 0 aromatic rings. The van der Waals surface area contributed by atoms with Gasteiger partial charge in [-0.2, -0.15) is 0 Å². The van der Waals surface area contributed by atoms with Gasteiger partial charge in [-0.05, 0) is 128 Å². The number of hydrogen-bond acceptors (Lipinski definition) is 10. The van der Waals surface area contributed by atoms with Gasteiger partial charge in [0, 0.05) is 19.3 Å². The maximum absolute atomic E-state index is 12.9. The monoisotopic (exact) mass is 1110 g/mol. The number of allylic oxidation sites excluding steroid dienone is 18. The van der Waals surface area contributed by atoms with E-state index in [1.54, 1.807) is 0 Å². The molecule has 0 bridgehead atoms. The first-order valence-electron chi connectivity index (χ1n) is 30.8. The van der Waals surface area contributed by atoms with Gasteiger partial charge in [0.05, 0.1) is 19.8 Å². The summed E-state index contributed by atoms with van der Waals surface area (Å²) in [5.74, 6) is -1.54. The summed E-state index contributed by atoms with van der Waals surface area (Å²) < 4.78 is 39.6. The lowest BCUT2D eigenvalue weighted by Crippen LogP contribution is -2.30. The molecule has 0 radical (unpaired) electrons. The molecule has 3 unspecified atom stereocenters. The lowest BCUT2D eigenvalue weighted by atomic mass is 10.1. The molecule has 0 amide bonds. The summed E-state index contributed by atoms with van der Waals surface area (Å²) in [5, 5.41) is 9.83. The third kappa shape index (κ3) is 56.8. The van der Waals surface area contributed by atoms with Crippen LogP contribution < -0.4 is 0 Å². The number of unbranched alkanes of at least 4 members (excludes halogenated alkanes) is 21. The first-order valence-corrected chi connectivity index (χ1v) is 32.3. The first-order chi connectivity index (χ1) is 38.2. The molecule has 0 fully saturated rings. The van der Waals surface area contributed by atoms with Gasteiger partial charge in [-0.15, -0.1) is 0 Å². The predicted molar refractivity (Wildman–Crippen MR) is 325 cm³/mol. The highest BCUT2D eigenvalue weighted by Gasteiger charge is 2.28. The van der Waals surface area contributed by atoms with E-state index >= 15 is 0 Å². The van der Waals surface area contributed by atoms with E-state index in [2.05, 4.69) is 130 Å². The minimum absolute atomic E-state index is 0.119. The molecule has 0 aromatic heterocycles. The molecule has 0 aliphatic carbocycles. The SMILES string of the molecule is CC/C=C\C/C=C\C/C=C\C/C=C\CCCCC(=O)OC(CO)COP(=O)(O)OCC(COC(=O)CCCCCCCC/C=C\C/C=C\C/C=C\CCCCC)OC(=O)CCCCCCCCC/C=C\C/C=C\CCCCC. The molecule has 0 rings (SSSR count). The molecular formula is C66H111O11P. The Morgan fingerprint density at radius 2 is 0.667 bits per heavy atom. The second-order valence-corrected chi connectivity index (χ2v) is 21.6. The van der Waals surface area contributed by atoms with Crippen LogP contribution in [-0.2, 0) is 42.2 Å². The van der Waals surface area contributed by atoms with E-state index in [1.807, 2.05) is 0 Å². The topological polar surface area (TPSA) is 155 Å². The van der Waals surface area contributed by atoms with Crippen molar-refractivity contribution in [3.8, 4) is 0 Å². The van der Waals surface area contributed by atoms with Crippen LogP contribution in [0.4, 0.5) is 0 Å². The van der Waals surface area contributed by atoms with Crippen molar-refractivity contribution < 1.29 is 52.2 Å². The van der Waals surface area contributed by atoms with Crippen LogP contribution in [0.2, 0.25) is 0 Å². The van der Waals surface area contributed by atoms with E-state index in [9.17, 15) is 28.9 Å². The molecule has 0 aliphatic heterocycles. The van der Waals surface area contributed by atoms with Crippen LogP contribution in [0, 0.1) is 0 Å². The van der Waals surface area contributed by atoms with Gasteiger partial charge in [0.2, 0.25) is 0 Å². The largest absolute Gasteiger partial charge is 0.472 e. The van der Waals surface area contributed by atoms with Gasteiger partial charge >= 0.3 is 25.7 Å². The van der Waals surface area contributed by atoms with E-state index < -0.39 is 57.8 Å². The lowest BCUT2D eigenvalue weighted by Gasteiger charge is -2.21. The number of carbonyl (C=O) groups is 3. The molecule has 0 spiro atoms. The number of hydrogen-bond donors (Lipinski definition) is 2. The molecule has 3 atom stereocenters. The zero-order valence-corrected chi connectivity index (χ0v) is 50.2. The van der Waals surface area contributed by atoms with Gasteiger partial charge in [0.1, 0.15) is 12.7 Å². The molecule has 11 nitrogen and oxygen atoms in total. The van der Waals surface area contributed by atoms with Gasteiger partial charge < -0.3 is 24.2 Å². The normalized spacial score (nSPS) is 14.1. The Balaban J connectivity index is 4.80. The van der Waals surface area contributed by atoms with Crippen molar-refractivity contribution in [1.82, 2.24) is 0 Å². The minimum atomic E-state index is -4.77. The quantitative estimate of drug-likeness (QED) is 0.0197. The summed E-state index contributed by atoms with van der Waals surface area (Å²) in [6.07, 6.45) is 71.8. The third-order valence-corrected chi connectivity index (χ3v) is 13.6. The number of phosphoric ester groups is 1. The van der Waals surface area contributed by atoms with Crippen molar-refractivity contribution in [2.24, 2.45) is 0 Å². The van der Waals surface area contributed by atoms with Crippen LogP contribution >= 0.6 is 7.82 Å². The molecular weight excluding hydrogens is 1000 g/mol. The highest BCUT2D eigenvalue weighted by atomic mass is 31.2. The average molecular weight is 1110 g/mol. The van der Waals surface area contributed by atoms with Crippen LogP contribution in [0.5, 0.6) is 0 Å². The summed E-state index contributed by atoms with van der Waals surface area (Å²) in [6, 6.07) is 0. The van der Waals surface area contributed by atoms with Crippen molar-refractivity contribution in [2.45, 2.75) is 264 Å². The Bertz CT molecular complexity index is 1720. The van der Waals surface area contributed by atoms with Gasteiger partial charge in [-0.1, -0.05) is 214 Å². The van der Waals surface area contributed by atoms with E-state index in [1.165, 1.54) is 64.2 Å². The fourth-order valence-electron chi connectivity index (χ4n) is 7.97. The zero-order valence-electron chi connectivity index (χ0n) is 49.3.